The normalized spacial score (nSPS) is 10.9. The summed E-state index contributed by atoms with van der Waals surface area (Å²) in [5, 5.41) is 6.57. The number of carbonyl (C=O) groups is 1. The van der Waals surface area contributed by atoms with E-state index in [2.05, 4.69) is 12.0 Å². The third-order valence-electron chi connectivity index (χ3n) is 4.11. The molecule has 0 unspecified atom stereocenters. The second-order valence-electron chi connectivity index (χ2n) is 5.61. The van der Waals surface area contributed by atoms with Crippen molar-refractivity contribution in [2.24, 2.45) is 0 Å². The van der Waals surface area contributed by atoms with Crippen molar-refractivity contribution in [3.8, 4) is 5.75 Å². The first-order valence-corrected chi connectivity index (χ1v) is 7.80. The van der Waals surface area contributed by atoms with Crippen LogP contribution in [-0.2, 0) is 6.42 Å². The zero-order valence-electron chi connectivity index (χ0n) is 13.7. The number of hydrogen-bond donors (Lipinski definition) is 0. The Kier molecular flexibility index (Phi) is 4.15. The lowest BCUT2D eigenvalue weighted by atomic mass is 10.1. The van der Waals surface area contributed by atoms with Gasteiger partial charge in [0.25, 0.3) is 5.91 Å². The summed E-state index contributed by atoms with van der Waals surface area (Å²) in [4.78, 5) is 12.4. The monoisotopic (exact) mass is 308 g/mol. The zero-order chi connectivity index (χ0) is 16.4. The van der Waals surface area contributed by atoms with Crippen LogP contribution >= 0.6 is 0 Å². The molecule has 4 nitrogen and oxygen atoms in total. The van der Waals surface area contributed by atoms with Gasteiger partial charge in [0.05, 0.1) is 5.69 Å². The molecule has 0 aliphatic carbocycles. The van der Waals surface area contributed by atoms with E-state index < -0.39 is 0 Å². The van der Waals surface area contributed by atoms with Crippen molar-refractivity contribution >= 4 is 16.7 Å². The standard InChI is InChI=1S/C19H20N2O2/c1-4-18-13(2)20-21(14(18)3)19(22)12-23-17-10-9-15-7-5-6-8-16(15)11-17/h5-11H,4,12H2,1-3H3. The van der Waals surface area contributed by atoms with E-state index in [9.17, 15) is 4.79 Å². The maximum absolute atomic E-state index is 12.4. The summed E-state index contributed by atoms with van der Waals surface area (Å²) in [6, 6.07) is 13.9. The Hall–Kier alpha value is -2.62. The molecule has 0 bridgehead atoms. The molecule has 0 radical (unpaired) electrons. The number of carbonyl (C=O) groups excluding carboxylic acids is 1. The third kappa shape index (κ3) is 2.97. The average molecular weight is 308 g/mol. The highest BCUT2D eigenvalue weighted by atomic mass is 16.5. The lowest BCUT2D eigenvalue weighted by Gasteiger charge is -2.08. The van der Waals surface area contributed by atoms with E-state index >= 15 is 0 Å². The van der Waals surface area contributed by atoms with Gasteiger partial charge in [0.1, 0.15) is 5.75 Å². The van der Waals surface area contributed by atoms with E-state index in [1.807, 2.05) is 56.3 Å². The fourth-order valence-corrected chi connectivity index (χ4v) is 2.89. The molecule has 4 heteroatoms. The molecule has 1 aromatic heterocycles. The molecule has 0 aliphatic heterocycles. The zero-order valence-corrected chi connectivity index (χ0v) is 13.7. The minimum atomic E-state index is -0.154. The molecule has 3 rings (SSSR count). The van der Waals surface area contributed by atoms with Gasteiger partial charge in [-0.3, -0.25) is 4.79 Å². The van der Waals surface area contributed by atoms with Gasteiger partial charge in [0.15, 0.2) is 6.61 Å². The van der Waals surface area contributed by atoms with Crippen molar-refractivity contribution in [1.82, 2.24) is 9.78 Å². The van der Waals surface area contributed by atoms with Gasteiger partial charge in [0, 0.05) is 5.69 Å². The quantitative estimate of drug-likeness (QED) is 0.733. The fraction of sp³-hybridized carbons (Fsp3) is 0.263. The maximum atomic E-state index is 12.4. The van der Waals surface area contributed by atoms with Crippen LogP contribution in [0.1, 0.15) is 28.7 Å². The molecule has 0 fully saturated rings. The van der Waals surface area contributed by atoms with Crippen molar-refractivity contribution in [3.05, 3.63) is 59.4 Å². The molecule has 118 valence electrons. The van der Waals surface area contributed by atoms with E-state index in [0.29, 0.717) is 5.75 Å². The first-order chi connectivity index (χ1) is 11.1. The summed E-state index contributed by atoms with van der Waals surface area (Å²) in [6.07, 6.45) is 0.872. The second-order valence-corrected chi connectivity index (χ2v) is 5.61. The van der Waals surface area contributed by atoms with Gasteiger partial charge in [-0.25, -0.2) is 4.68 Å². The Morgan fingerprint density at radius 3 is 2.57 bits per heavy atom. The Morgan fingerprint density at radius 2 is 1.87 bits per heavy atom. The first kappa shape index (κ1) is 15.3. The predicted octanol–water partition coefficient (Wildman–Crippen LogP) is 3.93. The van der Waals surface area contributed by atoms with Crippen LogP contribution in [0.25, 0.3) is 10.8 Å². The number of benzene rings is 2. The highest BCUT2D eigenvalue weighted by molar-refractivity contribution is 5.84. The van der Waals surface area contributed by atoms with Crippen LogP contribution in [0.3, 0.4) is 0 Å². The minimum absolute atomic E-state index is 0.0244. The van der Waals surface area contributed by atoms with Gasteiger partial charge in [-0.05, 0) is 48.7 Å². The van der Waals surface area contributed by atoms with Crippen LogP contribution in [0.15, 0.2) is 42.5 Å². The van der Waals surface area contributed by atoms with Crippen molar-refractivity contribution in [2.75, 3.05) is 6.61 Å². The minimum Gasteiger partial charge on any atom is -0.484 e. The van der Waals surface area contributed by atoms with Gasteiger partial charge in [-0.15, -0.1) is 0 Å². The van der Waals surface area contributed by atoms with Crippen molar-refractivity contribution in [1.29, 1.82) is 0 Å². The molecule has 0 atom stereocenters. The Labute approximate surface area is 135 Å². The fourth-order valence-electron chi connectivity index (χ4n) is 2.89. The predicted molar refractivity (Wildman–Crippen MR) is 91.1 cm³/mol. The largest absolute Gasteiger partial charge is 0.484 e. The molecule has 0 aliphatic rings. The Balaban J connectivity index is 1.75. The van der Waals surface area contributed by atoms with E-state index in [1.165, 1.54) is 4.68 Å². The van der Waals surface area contributed by atoms with E-state index in [-0.39, 0.29) is 12.5 Å². The van der Waals surface area contributed by atoms with E-state index in [1.54, 1.807) is 0 Å². The molecule has 0 saturated carbocycles. The first-order valence-electron chi connectivity index (χ1n) is 7.80. The van der Waals surface area contributed by atoms with Crippen molar-refractivity contribution in [2.45, 2.75) is 27.2 Å². The van der Waals surface area contributed by atoms with Crippen molar-refractivity contribution in [3.63, 3.8) is 0 Å². The molecule has 2 aromatic carbocycles. The van der Waals surface area contributed by atoms with Crippen molar-refractivity contribution < 1.29 is 9.53 Å². The van der Waals surface area contributed by atoms with Gasteiger partial charge < -0.3 is 4.74 Å². The summed E-state index contributed by atoms with van der Waals surface area (Å²) in [7, 11) is 0. The van der Waals surface area contributed by atoms with Crippen LogP contribution in [0.4, 0.5) is 0 Å². The lowest BCUT2D eigenvalue weighted by molar-refractivity contribution is 0.0818. The third-order valence-corrected chi connectivity index (χ3v) is 4.11. The van der Waals surface area contributed by atoms with Gasteiger partial charge in [-0.1, -0.05) is 37.3 Å². The molecule has 3 aromatic rings. The average Bonchev–Trinajstić information content (AvgIpc) is 2.86. The van der Waals surface area contributed by atoms with Gasteiger partial charge in [-0.2, -0.15) is 5.10 Å². The topological polar surface area (TPSA) is 44.1 Å². The molecule has 0 N–H and O–H groups in total. The summed E-state index contributed by atoms with van der Waals surface area (Å²) < 4.78 is 7.11. The Morgan fingerprint density at radius 1 is 1.13 bits per heavy atom. The van der Waals surface area contributed by atoms with E-state index in [4.69, 9.17) is 4.74 Å². The second kappa shape index (κ2) is 6.24. The Bertz CT molecular complexity index is 865. The number of rotatable bonds is 4. The molecule has 0 amide bonds. The number of fused-ring (bicyclic) bond motifs is 1. The summed E-state index contributed by atoms with van der Waals surface area (Å²) in [6.45, 7) is 5.90. The molecule has 23 heavy (non-hydrogen) atoms. The van der Waals surface area contributed by atoms with Crippen LogP contribution < -0.4 is 4.74 Å². The maximum Gasteiger partial charge on any atom is 0.284 e. The summed E-state index contributed by atoms with van der Waals surface area (Å²) in [5.74, 6) is 0.535. The molecular formula is C19H20N2O2. The number of ether oxygens (including phenoxy) is 1. The smallest absolute Gasteiger partial charge is 0.284 e. The lowest BCUT2D eigenvalue weighted by Crippen LogP contribution is -2.21. The molecule has 0 spiro atoms. The molecular weight excluding hydrogens is 288 g/mol. The van der Waals surface area contributed by atoms with Gasteiger partial charge in [0.2, 0.25) is 0 Å². The van der Waals surface area contributed by atoms with Crippen LogP contribution in [0, 0.1) is 13.8 Å². The SMILES string of the molecule is CCc1c(C)nn(C(=O)COc2ccc3ccccc3c2)c1C. The van der Waals surface area contributed by atoms with Crippen LogP contribution in [0.5, 0.6) is 5.75 Å². The highest BCUT2D eigenvalue weighted by Crippen LogP contribution is 2.20. The number of nitrogens with zero attached hydrogens (tertiary/aromatic N) is 2. The van der Waals surface area contributed by atoms with Gasteiger partial charge >= 0.3 is 0 Å². The van der Waals surface area contributed by atoms with Crippen LogP contribution in [-0.4, -0.2) is 22.3 Å². The summed E-state index contributed by atoms with van der Waals surface area (Å²) >= 11 is 0. The van der Waals surface area contributed by atoms with Crippen LogP contribution in [0.2, 0.25) is 0 Å². The van der Waals surface area contributed by atoms with E-state index in [0.717, 1.165) is 34.1 Å². The molecule has 1 heterocycles. The number of aryl methyl sites for hydroxylation is 1. The number of hydrogen-bond acceptors (Lipinski definition) is 3. The summed E-state index contributed by atoms with van der Waals surface area (Å²) in [5.41, 5.74) is 2.94. The molecule has 0 saturated heterocycles. The number of aromatic nitrogens is 2. The highest BCUT2D eigenvalue weighted by Gasteiger charge is 2.15.